The zero-order valence-corrected chi connectivity index (χ0v) is 19.2. The highest BCUT2D eigenvalue weighted by molar-refractivity contribution is 5.74. The van der Waals surface area contributed by atoms with Crippen LogP contribution in [0.25, 0.3) is 11.0 Å². The summed E-state index contributed by atoms with van der Waals surface area (Å²) in [5.74, 6) is 1.31. The van der Waals surface area contributed by atoms with Crippen molar-refractivity contribution in [2.75, 3.05) is 37.6 Å². The Morgan fingerprint density at radius 1 is 1.06 bits per heavy atom. The van der Waals surface area contributed by atoms with Crippen LogP contribution < -0.4 is 4.90 Å². The molecule has 1 atom stereocenters. The zero-order valence-electron chi connectivity index (χ0n) is 19.2. The van der Waals surface area contributed by atoms with Crippen molar-refractivity contribution in [2.24, 2.45) is 0 Å². The molecule has 188 valence electrons. The number of fused-ring (bicyclic) bond motifs is 1. The summed E-state index contributed by atoms with van der Waals surface area (Å²) < 4.78 is 38.9. The molecular weight excluding hydrogens is 461 g/mol. The highest BCUT2D eigenvalue weighted by Crippen LogP contribution is 2.32. The van der Waals surface area contributed by atoms with Crippen molar-refractivity contribution in [3.05, 3.63) is 48.0 Å². The summed E-state index contributed by atoms with van der Waals surface area (Å²) >= 11 is 0. The van der Waals surface area contributed by atoms with E-state index in [2.05, 4.69) is 19.9 Å². The molecule has 0 amide bonds. The lowest BCUT2D eigenvalue weighted by atomic mass is 9.85. The first-order valence-electron chi connectivity index (χ1n) is 11.9. The minimum atomic E-state index is -4.54. The van der Waals surface area contributed by atoms with Crippen LogP contribution in [-0.2, 0) is 6.18 Å². The predicted octanol–water partition coefficient (Wildman–Crippen LogP) is 2.94. The van der Waals surface area contributed by atoms with Crippen LogP contribution in [0.5, 0.6) is 0 Å². The highest BCUT2D eigenvalue weighted by atomic mass is 19.4. The monoisotopic (exact) mass is 490 g/mol. The number of β-amino-alcohol motifs (C(OH)–C–C–N with tert-alkyl or cyclic N) is 1. The van der Waals surface area contributed by atoms with Gasteiger partial charge in [0, 0.05) is 31.7 Å². The Labute approximate surface area is 200 Å². The second-order valence-corrected chi connectivity index (χ2v) is 9.56. The van der Waals surface area contributed by atoms with Gasteiger partial charge in [0.15, 0.2) is 0 Å². The summed E-state index contributed by atoms with van der Waals surface area (Å²) in [6, 6.07) is 8.80. The fourth-order valence-electron chi connectivity index (χ4n) is 5.06. The predicted molar refractivity (Wildman–Crippen MR) is 124 cm³/mol. The number of anilines is 1. The molecule has 3 aromatic rings. The third-order valence-electron chi connectivity index (χ3n) is 7.28. The Morgan fingerprint density at radius 2 is 1.77 bits per heavy atom. The molecule has 0 radical (unpaired) electrons. The molecule has 3 N–H and O–H groups in total. The number of rotatable bonds is 5. The van der Waals surface area contributed by atoms with Gasteiger partial charge in [-0.15, -0.1) is 0 Å². The number of hydrogen-bond donors (Lipinski definition) is 3. The quantitative estimate of drug-likeness (QED) is 0.506. The first-order valence-corrected chi connectivity index (χ1v) is 11.9. The van der Waals surface area contributed by atoms with Crippen LogP contribution in [0.1, 0.15) is 43.1 Å². The molecule has 4 heterocycles. The molecule has 8 nitrogen and oxygen atoms in total. The lowest BCUT2D eigenvalue weighted by Crippen LogP contribution is -2.55. The SMILES string of the molecule is OC(CN1CCC(c2nc3ccccc3[nH]2)CC1)C1(O)CCN(c2nccc(C(F)(F)F)n2)CC1. The number of benzene rings is 1. The van der Waals surface area contributed by atoms with Crippen molar-refractivity contribution >= 4 is 17.0 Å². The molecule has 35 heavy (non-hydrogen) atoms. The molecule has 1 unspecified atom stereocenters. The number of alkyl halides is 3. The number of hydrogen-bond acceptors (Lipinski definition) is 7. The van der Waals surface area contributed by atoms with Crippen molar-refractivity contribution in [3.8, 4) is 0 Å². The van der Waals surface area contributed by atoms with Gasteiger partial charge in [-0.1, -0.05) is 12.1 Å². The normalized spacial score (nSPS) is 20.9. The fourth-order valence-corrected chi connectivity index (χ4v) is 5.06. The second-order valence-electron chi connectivity index (χ2n) is 9.56. The van der Waals surface area contributed by atoms with Crippen molar-refractivity contribution in [1.82, 2.24) is 24.8 Å². The molecule has 2 aromatic heterocycles. The number of nitrogens with one attached hydrogen (secondary N) is 1. The number of para-hydroxylation sites is 2. The molecule has 11 heteroatoms. The molecule has 2 aliphatic rings. The van der Waals surface area contributed by atoms with E-state index in [1.165, 1.54) is 0 Å². The fraction of sp³-hybridized carbons (Fsp3) is 0.542. The minimum absolute atomic E-state index is 0.0102. The van der Waals surface area contributed by atoms with Crippen molar-refractivity contribution in [2.45, 2.75) is 49.5 Å². The summed E-state index contributed by atoms with van der Waals surface area (Å²) in [5, 5.41) is 22.0. The van der Waals surface area contributed by atoms with Gasteiger partial charge in [0.05, 0.1) is 22.7 Å². The average Bonchev–Trinajstić information content (AvgIpc) is 3.29. The van der Waals surface area contributed by atoms with Crippen molar-refractivity contribution in [3.63, 3.8) is 0 Å². The Balaban J connectivity index is 1.13. The third kappa shape index (κ3) is 5.12. The first kappa shape index (κ1) is 24.0. The maximum Gasteiger partial charge on any atom is 0.433 e. The molecule has 0 saturated carbocycles. The number of piperidine rings is 2. The second kappa shape index (κ2) is 9.36. The number of H-pyrrole nitrogens is 1. The Hall–Kier alpha value is -2.76. The van der Waals surface area contributed by atoms with Crippen LogP contribution in [-0.4, -0.2) is 79.5 Å². The largest absolute Gasteiger partial charge is 0.433 e. The van der Waals surface area contributed by atoms with Gasteiger partial charge in [-0.25, -0.2) is 15.0 Å². The van der Waals surface area contributed by atoms with E-state index in [9.17, 15) is 23.4 Å². The molecule has 0 spiro atoms. The lowest BCUT2D eigenvalue weighted by Gasteiger charge is -2.43. The molecule has 0 bridgehead atoms. The number of aromatic nitrogens is 4. The number of nitrogens with zero attached hydrogens (tertiary/aromatic N) is 5. The van der Waals surface area contributed by atoms with Crippen molar-refractivity contribution < 1.29 is 23.4 Å². The van der Waals surface area contributed by atoms with E-state index in [1.807, 2.05) is 24.3 Å². The van der Waals surface area contributed by atoms with E-state index in [-0.39, 0.29) is 31.9 Å². The van der Waals surface area contributed by atoms with Crippen LogP contribution in [0, 0.1) is 0 Å². The molecule has 5 rings (SSSR count). The van der Waals surface area contributed by atoms with Crippen LogP contribution in [0.15, 0.2) is 36.5 Å². The van der Waals surface area contributed by atoms with Crippen LogP contribution in [0.2, 0.25) is 0 Å². The molecule has 0 aliphatic carbocycles. The number of aliphatic hydroxyl groups is 2. The topological polar surface area (TPSA) is 101 Å². The number of imidazole rings is 1. The van der Waals surface area contributed by atoms with E-state index in [0.29, 0.717) is 12.5 Å². The summed E-state index contributed by atoms with van der Waals surface area (Å²) in [6.45, 7) is 2.47. The maximum atomic E-state index is 13.0. The van der Waals surface area contributed by atoms with Gasteiger partial charge in [0.25, 0.3) is 0 Å². The third-order valence-corrected chi connectivity index (χ3v) is 7.28. The summed E-state index contributed by atoms with van der Waals surface area (Å²) in [4.78, 5) is 19.5. The van der Waals surface area contributed by atoms with Gasteiger partial charge in [-0.3, -0.25) is 0 Å². The number of halogens is 3. The van der Waals surface area contributed by atoms with Gasteiger partial charge in [0.2, 0.25) is 5.95 Å². The summed E-state index contributed by atoms with van der Waals surface area (Å²) in [7, 11) is 0. The van der Waals surface area contributed by atoms with Crippen LogP contribution >= 0.6 is 0 Å². The average molecular weight is 491 g/mol. The first-order chi connectivity index (χ1) is 16.7. The highest BCUT2D eigenvalue weighted by Gasteiger charge is 2.41. The van der Waals surface area contributed by atoms with Gasteiger partial charge in [-0.05, 0) is 57.0 Å². The molecule has 2 aliphatic heterocycles. The number of likely N-dealkylation sites (tertiary alicyclic amines) is 1. The summed E-state index contributed by atoms with van der Waals surface area (Å²) in [6.07, 6.45) is -2.13. The lowest BCUT2D eigenvalue weighted by molar-refractivity contribution is -0.141. The zero-order chi connectivity index (χ0) is 24.6. The van der Waals surface area contributed by atoms with Crippen LogP contribution in [0.3, 0.4) is 0 Å². The van der Waals surface area contributed by atoms with Crippen molar-refractivity contribution in [1.29, 1.82) is 0 Å². The summed E-state index contributed by atoms with van der Waals surface area (Å²) in [5.41, 5.74) is -0.295. The molecule has 2 fully saturated rings. The van der Waals surface area contributed by atoms with E-state index in [4.69, 9.17) is 4.98 Å². The van der Waals surface area contributed by atoms with E-state index < -0.39 is 23.6 Å². The minimum Gasteiger partial charge on any atom is -0.389 e. The van der Waals surface area contributed by atoms with Crippen LogP contribution in [0.4, 0.5) is 19.1 Å². The molecule has 2 saturated heterocycles. The van der Waals surface area contributed by atoms with E-state index in [1.54, 1.807) is 4.90 Å². The Morgan fingerprint density at radius 3 is 2.46 bits per heavy atom. The number of aliphatic hydroxyl groups excluding tert-OH is 1. The van der Waals surface area contributed by atoms with E-state index >= 15 is 0 Å². The molecular formula is C24H29F3N6O2. The van der Waals surface area contributed by atoms with Gasteiger partial charge in [0.1, 0.15) is 11.5 Å². The van der Waals surface area contributed by atoms with Gasteiger partial charge in [-0.2, -0.15) is 13.2 Å². The van der Waals surface area contributed by atoms with Gasteiger partial charge < -0.3 is 25.0 Å². The molecule has 1 aromatic carbocycles. The standard InChI is InChI=1S/C24H29F3N6O2/c25-24(26,27)19-5-10-28-22(31-19)33-13-8-23(35,9-14-33)20(34)15-32-11-6-16(7-12-32)21-29-17-3-1-2-4-18(17)30-21/h1-5,10,16,20,34-35H,6-9,11-15H2,(H,29,30). The van der Waals surface area contributed by atoms with Gasteiger partial charge >= 0.3 is 6.18 Å². The maximum absolute atomic E-state index is 13.0. The Kier molecular flexibility index (Phi) is 6.41. The Bertz CT molecular complexity index is 1120. The number of aromatic amines is 1. The smallest absolute Gasteiger partial charge is 0.389 e. The van der Waals surface area contributed by atoms with E-state index in [0.717, 1.165) is 55.1 Å².